The topological polar surface area (TPSA) is 49.2 Å². The average Bonchev–Trinajstić information content (AvgIpc) is 2.56. The van der Waals surface area contributed by atoms with Gasteiger partial charge in [-0.1, -0.05) is 16.1 Å². The summed E-state index contributed by atoms with van der Waals surface area (Å²) in [6.45, 7) is 4.41. The summed E-state index contributed by atoms with van der Waals surface area (Å²) < 4.78 is 4.47. The number of aliphatic hydroxyl groups is 1. The summed E-state index contributed by atoms with van der Waals surface area (Å²) in [6, 6.07) is 0. The third kappa shape index (κ3) is 2.87. The number of aromatic nitrogens is 2. The lowest BCUT2D eigenvalue weighted by atomic mass is 9.94. The molecule has 2 rings (SSSR count). The number of rotatable bonds is 2. The second kappa shape index (κ2) is 4.33. The van der Waals surface area contributed by atoms with Gasteiger partial charge in [0, 0.05) is 31.2 Å². The summed E-state index contributed by atoms with van der Waals surface area (Å²) in [5.41, 5.74) is 0.351. The lowest BCUT2D eigenvalue weighted by Crippen LogP contribution is -2.42. The molecule has 6 heteroatoms. The second-order valence-electron chi connectivity index (χ2n) is 4.27. The molecular weight excluding hydrogens is 234 g/mol. The SMILES string of the molecule is CC1(O)CCN(Cc2nnsc2Cl)CC1. The highest BCUT2D eigenvalue weighted by Crippen LogP contribution is 2.24. The summed E-state index contributed by atoms with van der Waals surface area (Å²) >= 11 is 7.15. The number of likely N-dealkylation sites (tertiary alicyclic amines) is 1. The van der Waals surface area contributed by atoms with Crippen LogP contribution >= 0.6 is 23.1 Å². The van der Waals surface area contributed by atoms with Crippen molar-refractivity contribution in [3.05, 3.63) is 10.0 Å². The Balaban J connectivity index is 1.90. The number of nitrogens with zero attached hydrogens (tertiary/aromatic N) is 3. The number of piperidine rings is 1. The minimum atomic E-state index is -0.499. The fraction of sp³-hybridized carbons (Fsp3) is 0.778. The van der Waals surface area contributed by atoms with Crippen molar-refractivity contribution in [2.75, 3.05) is 13.1 Å². The highest BCUT2D eigenvalue weighted by atomic mass is 35.5. The van der Waals surface area contributed by atoms with Gasteiger partial charge < -0.3 is 5.11 Å². The van der Waals surface area contributed by atoms with E-state index in [2.05, 4.69) is 14.5 Å². The van der Waals surface area contributed by atoms with Crippen molar-refractivity contribution in [1.29, 1.82) is 0 Å². The Morgan fingerprint density at radius 3 is 2.73 bits per heavy atom. The molecule has 84 valence electrons. The minimum absolute atomic E-state index is 0.499. The van der Waals surface area contributed by atoms with E-state index in [-0.39, 0.29) is 0 Å². The molecule has 1 aromatic rings. The highest BCUT2D eigenvalue weighted by molar-refractivity contribution is 7.10. The van der Waals surface area contributed by atoms with Gasteiger partial charge >= 0.3 is 0 Å². The monoisotopic (exact) mass is 247 g/mol. The molecule has 1 aromatic heterocycles. The van der Waals surface area contributed by atoms with Crippen molar-refractivity contribution in [2.24, 2.45) is 0 Å². The normalized spacial score (nSPS) is 21.8. The van der Waals surface area contributed by atoms with E-state index in [9.17, 15) is 5.11 Å². The molecule has 0 spiro atoms. The molecule has 1 N–H and O–H groups in total. The first kappa shape index (κ1) is 11.3. The third-order valence-electron chi connectivity index (χ3n) is 2.82. The summed E-state index contributed by atoms with van der Waals surface area (Å²) in [6.07, 6.45) is 1.62. The largest absolute Gasteiger partial charge is 0.390 e. The molecule has 0 amide bonds. The van der Waals surface area contributed by atoms with Crippen molar-refractivity contribution < 1.29 is 5.11 Å². The standard InChI is InChI=1S/C9H14ClN3OS/c1-9(14)2-4-13(5-3-9)6-7-8(10)15-12-11-7/h14H,2-6H2,1H3. The second-order valence-corrected chi connectivity index (χ2v) is 5.62. The molecule has 0 saturated carbocycles. The maximum atomic E-state index is 9.79. The van der Waals surface area contributed by atoms with Crippen LogP contribution in [0, 0.1) is 0 Å². The Labute approximate surface area is 98.0 Å². The van der Waals surface area contributed by atoms with Gasteiger partial charge in [-0.2, -0.15) is 0 Å². The maximum Gasteiger partial charge on any atom is 0.138 e. The highest BCUT2D eigenvalue weighted by Gasteiger charge is 2.27. The van der Waals surface area contributed by atoms with E-state index in [0.717, 1.165) is 38.2 Å². The van der Waals surface area contributed by atoms with E-state index in [0.29, 0.717) is 4.34 Å². The maximum absolute atomic E-state index is 9.79. The average molecular weight is 248 g/mol. The molecule has 4 nitrogen and oxygen atoms in total. The van der Waals surface area contributed by atoms with Crippen LogP contribution in [0.2, 0.25) is 4.34 Å². The summed E-state index contributed by atoms with van der Waals surface area (Å²) in [5, 5.41) is 13.8. The van der Waals surface area contributed by atoms with E-state index in [4.69, 9.17) is 11.6 Å². The van der Waals surface area contributed by atoms with Crippen LogP contribution in [-0.4, -0.2) is 38.3 Å². The Hall–Kier alpha value is -0.230. The molecule has 0 unspecified atom stereocenters. The summed E-state index contributed by atoms with van der Waals surface area (Å²) in [7, 11) is 0. The van der Waals surface area contributed by atoms with E-state index in [1.165, 1.54) is 11.5 Å². The first-order valence-electron chi connectivity index (χ1n) is 4.98. The van der Waals surface area contributed by atoms with Gasteiger partial charge in [-0.25, -0.2) is 0 Å². The van der Waals surface area contributed by atoms with Gasteiger partial charge in [0.25, 0.3) is 0 Å². The van der Waals surface area contributed by atoms with Crippen LogP contribution in [-0.2, 0) is 6.54 Å². The molecule has 15 heavy (non-hydrogen) atoms. The molecule has 0 bridgehead atoms. The van der Waals surface area contributed by atoms with Crippen molar-refractivity contribution >= 4 is 23.1 Å². The van der Waals surface area contributed by atoms with Crippen LogP contribution in [0.3, 0.4) is 0 Å². The molecule has 0 radical (unpaired) electrons. The number of hydrogen-bond donors (Lipinski definition) is 1. The zero-order valence-corrected chi connectivity index (χ0v) is 10.2. The quantitative estimate of drug-likeness (QED) is 0.861. The molecule has 1 saturated heterocycles. The lowest BCUT2D eigenvalue weighted by Gasteiger charge is -2.35. The Bertz CT molecular complexity index is 332. The minimum Gasteiger partial charge on any atom is -0.390 e. The number of halogens is 1. The predicted octanol–water partition coefficient (Wildman–Crippen LogP) is 1.54. The van der Waals surface area contributed by atoms with Gasteiger partial charge in [-0.15, -0.1) is 5.10 Å². The molecule has 1 aliphatic heterocycles. The van der Waals surface area contributed by atoms with Crippen molar-refractivity contribution in [3.8, 4) is 0 Å². The molecule has 2 heterocycles. The summed E-state index contributed by atoms with van der Waals surface area (Å²) in [5.74, 6) is 0. The molecule has 1 aliphatic rings. The Morgan fingerprint density at radius 2 is 2.20 bits per heavy atom. The fourth-order valence-electron chi connectivity index (χ4n) is 1.70. The van der Waals surface area contributed by atoms with Crippen LogP contribution in [0.4, 0.5) is 0 Å². The summed E-state index contributed by atoms with van der Waals surface area (Å²) in [4.78, 5) is 2.25. The van der Waals surface area contributed by atoms with E-state index in [1.54, 1.807) is 0 Å². The van der Waals surface area contributed by atoms with Crippen LogP contribution in [0.5, 0.6) is 0 Å². The molecule has 0 atom stereocenters. The predicted molar refractivity (Wildman–Crippen MR) is 60.1 cm³/mol. The fourth-order valence-corrected chi connectivity index (χ4v) is 2.31. The molecular formula is C9H14ClN3OS. The van der Waals surface area contributed by atoms with Gasteiger partial charge in [0.05, 0.1) is 5.60 Å². The van der Waals surface area contributed by atoms with Gasteiger partial charge in [0.2, 0.25) is 0 Å². The van der Waals surface area contributed by atoms with Crippen LogP contribution in [0.1, 0.15) is 25.5 Å². The first-order valence-corrected chi connectivity index (χ1v) is 6.13. The zero-order chi connectivity index (χ0) is 10.9. The lowest BCUT2D eigenvalue weighted by molar-refractivity contribution is -0.00756. The van der Waals surface area contributed by atoms with Crippen molar-refractivity contribution in [3.63, 3.8) is 0 Å². The molecule has 1 fully saturated rings. The number of hydrogen-bond acceptors (Lipinski definition) is 5. The van der Waals surface area contributed by atoms with Crippen LogP contribution < -0.4 is 0 Å². The van der Waals surface area contributed by atoms with Gasteiger partial charge in [0.1, 0.15) is 10.0 Å². The van der Waals surface area contributed by atoms with E-state index >= 15 is 0 Å². The first-order chi connectivity index (χ1) is 7.07. The van der Waals surface area contributed by atoms with Crippen LogP contribution in [0.15, 0.2) is 0 Å². The van der Waals surface area contributed by atoms with Crippen LogP contribution in [0.25, 0.3) is 0 Å². The Morgan fingerprint density at radius 1 is 1.53 bits per heavy atom. The zero-order valence-electron chi connectivity index (χ0n) is 8.61. The smallest absolute Gasteiger partial charge is 0.138 e. The molecule has 0 aromatic carbocycles. The third-order valence-corrected chi connectivity index (χ3v) is 3.80. The van der Waals surface area contributed by atoms with Crippen molar-refractivity contribution in [1.82, 2.24) is 14.5 Å². The Kier molecular flexibility index (Phi) is 3.25. The van der Waals surface area contributed by atoms with E-state index in [1.807, 2.05) is 6.92 Å². The van der Waals surface area contributed by atoms with E-state index < -0.39 is 5.60 Å². The van der Waals surface area contributed by atoms with Gasteiger partial charge in [0.15, 0.2) is 0 Å². The van der Waals surface area contributed by atoms with Crippen molar-refractivity contribution in [2.45, 2.75) is 31.9 Å². The van der Waals surface area contributed by atoms with Gasteiger partial charge in [-0.3, -0.25) is 4.90 Å². The molecule has 0 aliphatic carbocycles. The van der Waals surface area contributed by atoms with Gasteiger partial charge in [-0.05, 0) is 19.8 Å².